The number of aromatic hydroxyl groups is 1. The van der Waals surface area contributed by atoms with Crippen LogP contribution in [0.1, 0.15) is 19.4 Å². The molecule has 0 radical (unpaired) electrons. The molecule has 0 fully saturated rings. The van der Waals surface area contributed by atoms with E-state index in [1.807, 2.05) is 13.8 Å². The summed E-state index contributed by atoms with van der Waals surface area (Å²) in [5, 5.41) is 9.51. The number of phenols is 1. The highest BCUT2D eigenvalue weighted by Crippen LogP contribution is 2.25. The first-order valence-electron chi connectivity index (χ1n) is 4.68. The lowest BCUT2D eigenvalue weighted by Gasteiger charge is -2.03. The lowest BCUT2D eigenvalue weighted by Crippen LogP contribution is -1.83. The summed E-state index contributed by atoms with van der Waals surface area (Å²) >= 11 is 0. The Hall–Kier alpha value is -1.79. The fourth-order valence-corrected chi connectivity index (χ4v) is 1.18. The summed E-state index contributed by atoms with van der Waals surface area (Å²) in [6.45, 7) is 3.67. The monoisotopic (exact) mass is 204 g/mol. The van der Waals surface area contributed by atoms with E-state index in [0.717, 1.165) is 5.57 Å². The van der Waals surface area contributed by atoms with Gasteiger partial charge in [0.1, 0.15) is 11.6 Å². The lowest BCUT2D eigenvalue weighted by atomic mass is 10.1. The molecule has 0 atom stereocenters. The largest absolute Gasteiger partial charge is 0.507 e. The Morgan fingerprint density at radius 1 is 1.47 bits per heavy atom. The highest BCUT2D eigenvalue weighted by Gasteiger charge is 2.03. The van der Waals surface area contributed by atoms with Gasteiger partial charge in [0.2, 0.25) is 0 Å². The summed E-state index contributed by atoms with van der Waals surface area (Å²) in [6, 6.07) is 3.89. The van der Waals surface area contributed by atoms with E-state index in [-0.39, 0.29) is 11.6 Å². The van der Waals surface area contributed by atoms with Crippen LogP contribution in [0.4, 0.5) is 4.39 Å². The predicted molar refractivity (Wildman–Crippen MR) is 60.0 cm³/mol. The maximum absolute atomic E-state index is 12.9. The Bertz CT molecular complexity index is 438. The van der Waals surface area contributed by atoms with Gasteiger partial charge in [-0.25, -0.2) is 4.39 Å². The van der Waals surface area contributed by atoms with Crippen molar-refractivity contribution in [3.8, 4) is 5.75 Å². The lowest BCUT2D eigenvalue weighted by molar-refractivity contribution is 0.471. The van der Waals surface area contributed by atoms with Crippen LogP contribution >= 0.6 is 0 Å². The third-order valence-corrected chi connectivity index (χ3v) is 1.98. The van der Waals surface area contributed by atoms with Crippen LogP contribution in [0.15, 0.2) is 42.2 Å². The Labute approximate surface area is 88.9 Å². The maximum Gasteiger partial charge on any atom is 0.124 e. The minimum atomic E-state index is -0.356. The number of halogens is 1. The average molecular weight is 204 g/mol. The van der Waals surface area contributed by atoms with Crippen LogP contribution in [0.3, 0.4) is 0 Å². The highest BCUT2D eigenvalue weighted by atomic mass is 19.1. The van der Waals surface area contributed by atoms with Crippen molar-refractivity contribution in [3.63, 3.8) is 0 Å². The van der Waals surface area contributed by atoms with Gasteiger partial charge < -0.3 is 5.11 Å². The second kappa shape index (κ2) is 5.18. The van der Waals surface area contributed by atoms with Crippen molar-refractivity contribution in [1.82, 2.24) is 0 Å². The number of hydrogen-bond donors (Lipinski definition) is 1. The molecule has 0 aliphatic rings. The summed E-state index contributed by atoms with van der Waals surface area (Å²) in [6.07, 6.45) is 5.27. The van der Waals surface area contributed by atoms with Gasteiger partial charge in [0.15, 0.2) is 0 Å². The van der Waals surface area contributed by atoms with Crippen molar-refractivity contribution < 1.29 is 9.50 Å². The van der Waals surface area contributed by atoms with Crippen LogP contribution < -0.4 is 0 Å². The van der Waals surface area contributed by atoms with Crippen LogP contribution in [0.25, 0.3) is 5.57 Å². The molecular weight excluding hydrogens is 191 g/mol. The zero-order valence-corrected chi connectivity index (χ0v) is 8.79. The molecule has 78 valence electrons. The number of benzene rings is 1. The van der Waals surface area contributed by atoms with Crippen molar-refractivity contribution in [2.45, 2.75) is 13.8 Å². The topological polar surface area (TPSA) is 20.2 Å². The van der Waals surface area contributed by atoms with Gasteiger partial charge in [-0.2, -0.15) is 0 Å². The van der Waals surface area contributed by atoms with Gasteiger partial charge in [-0.1, -0.05) is 6.08 Å². The van der Waals surface area contributed by atoms with E-state index >= 15 is 0 Å². The van der Waals surface area contributed by atoms with Crippen molar-refractivity contribution in [2.75, 3.05) is 0 Å². The van der Waals surface area contributed by atoms with Gasteiger partial charge in [-0.05, 0) is 49.8 Å². The van der Waals surface area contributed by atoms with Crippen molar-refractivity contribution in [1.29, 1.82) is 0 Å². The first-order chi connectivity index (χ1) is 7.15. The van der Waals surface area contributed by atoms with Crippen molar-refractivity contribution >= 4 is 5.57 Å². The number of allylic oxidation sites excluding steroid dienone is 3. The normalized spacial score (nSPS) is 10.7. The molecule has 1 aromatic rings. The number of hydrogen-bond acceptors (Lipinski definition) is 1. The van der Waals surface area contributed by atoms with E-state index in [2.05, 4.69) is 5.73 Å². The summed E-state index contributed by atoms with van der Waals surface area (Å²) in [4.78, 5) is 0. The highest BCUT2D eigenvalue weighted by molar-refractivity contribution is 5.69. The third kappa shape index (κ3) is 3.12. The second-order valence-electron chi connectivity index (χ2n) is 3.13. The molecule has 0 heterocycles. The Morgan fingerprint density at radius 2 is 2.20 bits per heavy atom. The average Bonchev–Trinajstić information content (AvgIpc) is 2.22. The summed E-state index contributed by atoms with van der Waals surface area (Å²) in [7, 11) is 0. The summed E-state index contributed by atoms with van der Waals surface area (Å²) in [5.41, 5.74) is 4.18. The van der Waals surface area contributed by atoms with E-state index in [0.29, 0.717) is 5.56 Å². The van der Waals surface area contributed by atoms with Gasteiger partial charge in [0.05, 0.1) is 0 Å². The van der Waals surface area contributed by atoms with Crippen LogP contribution in [0.2, 0.25) is 0 Å². The number of phenolic OH excluding ortho intramolecular Hbond substituents is 1. The van der Waals surface area contributed by atoms with Crippen molar-refractivity contribution in [2.24, 2.45) is 0 Å². The minimum Gasteiger partial charge on any atom is -0.507 e. The second-order valence-corrected chi connectivity index (χ2v) is 3.13. The molecule has 2 heteroatoms. The van der Waals surface area contributed by atoms with Crippen LogP contribution in [0.5, 0.6) is 5.75 Å². The maximum atomic E-state index is 12.9. The molecule has 0 saturated carbocycles. The standard InChI is InChI=1S/C13H13FO/c1-3-4-5-6-10(2)12-9-11(14)7-8-13(12)15/h3,5-9,15H,1-2H3/b10-6+. The van der Waals surface area contributed by atoms with E-state index in [1.54, 1.807) is 18.2 Å². The molecule has 0 amide bonds. The molecule has 0 aliphatic heterocycles. The zero-order chi connectivity index (χ0) is 11.3. The summed E-state index contributed by atoms with van der Waals surface area (Å²) < 4.78 is 12.9. The molecule has 0 saturated heterocycles. The van der Waals surface area contributed by atoms with Crippen LogP contribution in [-0.4, -0.2) is 5.11 Å². The Balaban J connectivity index is 3.10. The minimum absolute atomic E-state index is 0.0824. The molecular formula is C13H13FO. The molecule has 1 nitrogen and oxygen atoms in total. The van der Waals surface area contributed by atoms with Gasteiger partial charge in [-0.3, -0.25) is 0 Å². The molecule has 0 bridgehead atoms. The van der Waals surface area contributed by atoms with Gasteiger partial charge in [0, 0.05) is 5.56 Å². The Kier molecular flexibility index (Phi) is 3.90. The van der Waals surface area contributed by atoms with E-state index in [9.17, 15) is 9.50 Å². The molecule has 0 aromatic heterocycles. The van der Waals surface area contributed by atoms with E-state index < -0.39 is 0 Å². The van der Waals surface area contributed by atoms with Crippen LogP contribution in [0, 0.1) is 5.82 Å². The zero-order valence-electron chi connectivity index (χ0n) is 8.79. The third-order valence-electron chi connectivity index (χ3n) is 1.98. The van der Waals surface area contributed by atoms with Gasteiger partial charge in [-0.15, -0.1) is 5.73 Å². The predicted octanol–water partition coefficient (Wildman–Crippen LogP) is 3.67. The fourth-order valence-electron chi connectivity index (χ4n) is 1.18. The molecule has 1 N–H and O–H groups in total. The molecule has 1 rings (SSSR count). The molecule has 0 unspecified atom stereocenters. The SMILES string of the molecule is CC=C=C/C=C(\C)c1cc(F)ccc1O. The number of rotatable bonds is 2. The Morgan fingerprint density at radius 3 is 2.87 bits per heavy atom. The van der Waals surface area contributed by atoms with Gasteiger partial charge in [0.25, 0.3) is 0 Å². The molecule has 0 spiro atoms. The molecule has 0 aliphatic carbocycles. The molecule has 15 heavy (non-hydrogen) atoms. The van der Waals surface area contributed by atoms with E-state index in [1.165, 1.54) is 18.2 Å². The fraction of sp³-hybridized carbons (Fsp3) is 0.154. The van der Waals surface area contributed by atoms with Crippen molar-refractivity contribution in [3.05, 3.63) is 53.5 Å². The quantitative estimate of drug-likeness (QED) is 0.575. The van der Waals surface area contributed by atoms with E-state index in [4.69, 9.17) is 0 Å². The summed E-state index contributed by atoms with van der Waals surface area (Å²) in [5.74, 6) is -0.274. The van der Waals surface area contributed by atoms with Gasteiger partial charge >= 0.3 is 0 Å². The molecule has 1 aromatic carbocycles. The first-order valence-corrected chi connectivity index (χ1v) is 4.68. The smallest absolute Gasteiger partial charge is 0.124 e. The van der Waals surface area contributed by atoms with Crippen LogP contribution in [-0.2, 0) is 0 Å². The first kappa shape index (κ1) is 11.3.